The molecular formula is C29H36O8. The van der Waals surface area contributed by atoms with E-state index >= 15 is 0 Å². The summed E-state index contributed by atoms with van der Waals surface area (Å²) in [5, 5.41) is 23.2. The summed E-state index contributed by atoms with van der Waals surface area (Å²) < 4.78 is 11.7. The Morgan fingerprint density at radius 3 is 2.27 bits per heavy atom. The number of ether oxygens (including phenoxy) is 2. The van der Waals surface area contributed by atoms with Gasteiger partial charge in [-0.25, -0.2) is 4.79 Å². The zero-order valence-corrected chi connectivity index (χ0v) is 22.0. The summed E-state index contributed by atoms with van der Waals surface area (Å²) in [7, 11) is 0. The molecule has 3 saturated carbocycles. The highest BCUT2D eigenvalue weighted by molar-refractivity contribution is 5.97. The minimum absolute atomic E-state index is 0.0349. The van der Waals surface area contributed by atoms with Crippen LogP contribution in [-0.2, 0) is 23.9 Å². The lowest BCUT2D eigenvalue weighted by Crippen LogP contribution is -2.77. The molecule has 8 atom stereocenters. The van der Waals surface area contributed by atoms with Gasteiger partial charge in [0.2, 0.25) is 0 Å². The highest BCUT2D eigenvalue weighted by Gasteiger charge is 2.75. The molecule has 0 bridgehead atoms. The van der Waals surface area contributed by atoms with Crippen molar-refractivity contribution in [2.75, 3.05) is 0 Å². The Kier molecular flexibility index (Phi) is 6.53. The molecule has 4 rings (SSSR count). The van der Waals surface area contributed by atoms with E-state index in [9.17, 15) is 29.4 Å². The van der Waals surface area contributed by atoms with Crippen LogP contribution in [0.25, 0.3) is 0 Å². The Bertz CT molecular complexity index is 1140. The standard InChI is InChI=1S/C29H36O8/c1-7-27(5)15-19(37-24(33)17-11-9-8-10-12-17)22-28(6)14-18(31)23(32)26(3,4)20(28)13-21(36-16(2)30)29(22,35)25(27)34/h7-12,19-23,32,35H,1,13-15H2,2-6H3/t19-,20+,21-,22-,23-,27+,28+,29+/m1/s1. The lowest BCUT2D eigenvalue weighted by Gasteiger charge is -2.66. The van der Waals surface area contributed by atoms with Crippen molar-refractivity contribution in [1.82, 2.24) is 0 Å². The first-order valence-electron chi connectivity index (χ1n) is 12.7. The van der Waals surface area contributed by atoms with E-state index in [1.54, 1.807) is 58.0 Å². The first-order valence-corrected chi connectivity index (χ1v) is 12.7. The van der Waals surface area contributed by atoms with Crippen LogP contribution in [-0.4, -0.2) is 57.6 Å². The van der Waals surface area contributed by atoms with Gasteiger partial charge in [-0.15, -0.1) is 6.58 Å². The normalized spacial score (nSPS) is 40.7. The number of allylic oxidation sites excluding steroid dienone is 1. The summed E-state index contributed by atoms with van der Waals surface area (Å²) in [5.41, 5.74) is -5.25. The molecule has 37 heavy (non-hydrogen) atoms. The van der Waals surface area contributed by atoms with E-state index in [0.29, 0.717) is 5.56 Å². The van der Waals surface area contributed by atoms with Gasteiger partial charge in [-0.05, 0) is 36.8 Å². The number of aliphatic hydroxyl groups is 2. The summed E-state index contributed by atoms with van der Waals surface area (Å²) in [6.45, 7) is 11.9. The van der Waals surface area contributed by atoms with E-state index in [2.05, 4.69) is 6.58 Å². The van der Waals surface area contributed by atoms with Crippen molar-refractivity contribution < 1.29 is 38.9 Å². The highest BCUT2D eigenvalue weighted by atomic mass is 16.6. The van der Waals surface area contributed by atoms with Gasteiger partial charge < -0.3 is 19.7 Å². The maximum Gasteiger partial charge on any atom is 0.338 e. The van der Waals surface area contributed by atoms with E-state index in [1.165, 1.54) is 13.0 Å². The first kappa shape index (κ1) is 27.2. The van der Waals surface area contributed by atoms with Gasteiger partial charge in [0.25, 0.3) is 0 Å². The third-order valence-corrected chi connectivity index (χ3v) is 9.29. The fourth-order valence-electron chi connectivity index (χ4n) is 7.53. The number of hydrogen-bond donors (Lipinski definition) is 2. The molecule has 1 aromatic rings. The Hall–Kier alpha value is -2.84. The number of hydrogen-bond acceptors (Lipinski definition) is 8. The van der Waals surface area contributed by atoms with Crippen LogP contribution in [0.2, 0.25) is 0 Å². The predicted octanol–water partition coefficient (Wildman–Crippen LogP) is 3.04. The van der Waals surface area contributed by atoms with Crippen LogP contribution in [0.15, 0.2) is 43.0 Å². The largest absolute Gasteiger partial charge is 0.459 e. The Balaban J connectivity index is 1.92. The Morgan fingerprint density at radius 2 is 1.70 bits per heavy atom. The van der Waals surface area contributed by atoms with Crippen LogP contribution in [0.5, 0.6) is 0 Å². The number of carbonyl (C=O) groups is 4. The zero-order valence-electron chi connectivity index (χ0n) is 22.0. The minimum Gasteiger partial charge on any atom is -0.459 e. The number of esters is 2. The van der Waals surface area contributed by atoms with E-state index in [1.807, 2.05) is 0 Å². The number of carbonyl (C=O) groups excluding carboxylic acids is 4. The lowest BCUT2D eigenvalue weighted by atomic mass is 9.40. The molecule has 0 saturated heterocycles. The third-order valence-electron chi connectivity index (χ3n) is 9.29. The maximum absolute atomic E-state index is 14.1. The van der Waals surface area contributed by atoms with Crippen molar-refractivity contribution in [2.24, 2.45) is 28.1 Å². The topological polar surface area (TPSA) is 127 Å². The monoisotopic (exact) mass is 512 g/mol. The second-order valence-corrected chi connectivity index (χ2v) is 12.0. The molecule has 3 fully saturated rings. The molecular weight excluding hydrogens is 476 g/mol. The zero-order chi connectivity index (χ0) is 27.6. The average Bonchev–Trinajstić information content (AvgIpc) is 2.83. The molecule has 0 unspecified atom stereocenters. The molecule has 1 aromatic carbocycles. The molecule has 0 amide bonds. The van der Waals surface area contributed by atoms with Gasteiger partial charge >= 0.3 is 11.9 Å². The molecule has 2 N–H and O–H groups in total. The first-order chi connectivity index (χ1) is 17.1. The van der Waals surface area contributed by atoms with Gasteiger partial charge in [0.15, 0.2) is 17.2 Å². The quantitative estimate of drug-likeness (QED) is 0.466. The lowest BCUT2D eigenvalue weighted by molar-refractivity contribution is -0.266. The molecule has 0 radical (unpaired) electrons. The van der Waals surface area contributed by atoms with Crippen LogP contribution in [0.3, 0.4) is 0 Å². The highest BCUT2D eigenvalue weighted by Crippen LogP contribution is 2.66. The fraction of sp³-hybridized carbons (Fsp3) is 0.586. The molecule has 3 aliphatic rings. The van der Waals surface area contributed by atoms with Crippen LogP contribution in [0, 0.1) is 28.1 Å². The van der Waals surface area contributed by atoms with E-state index in [0.717, 1.165) is 0 Å². The number of Topliss-reactive ketones (excluding diaryl/α,β-unsaturated/α-hetero) is 2. The van der Waals surface area contributed by atoms with Crippen molar-refractivity contribution in [3.8, 4) is 0 Å². The smallest absolute Gasteiger partial charge is 0.338 e. The number of aliphatic hydroxyl groups excluding tert-OH is 1. The number of rotatable bonds is 4. The van der Waals surface area contributed by atoms with Crippen LogP contribution in [0.1, 0.15) is 64.2 Å². The maximum atomic E-state index is 14.1. The second kappa shape index (κ2) is 8.88. The van der Waals surface area contributed by atoms with Gasteiger partial charge in [0, 0.05) is 31.1 Å². The second-order valence-electron chi connectivity index (χ2n) is 12.0. The summed E-state index contributed by atoms with van der Waals surface area (Å²) >= 11 is 0. The third kappa shape index (κ3) is 3.96. The van der Waals surface area contributed by atoms with Crippen molar-refractivity contribution in [3.63, 3.8) is 0 Å². The summed E-state index contributed by atoms with van der Waals surface area (Å²) in [6.07, 6.45) is -2.16. The fourth-order valence-corrected chi connectivity index (χ4v) is 7.53. The Labute approximate surface area is 217 Å². The molecule has 0 heterocycles. The van der Waals surface area contributed by atoms with Crippen molar-refractivity contribution >= 4 is 23.5 Å². The molecule has 3 aliphatic carbocycles. The van der Waals surface area contributed by atoms with Crippen molar-refractivity contribution in [1.29, 1.82) is 0 Å². The van der Waals surface area contributed by atoms with Gasteiger partial charge in [0.05, 0.1) is 11.0 Å². The molecule has 8 nitrogen and oxygen atoms in total. The molecule has 8 heteroatoms. The van der Waals surface area contributed by atoms with E-state index in [-0.39, 0.29) is 19.3 Å². The Morgan fingerprint density at radius 1 is 1.08 bits per heavy atom. The average molecular weight is 513 g/mol. The number of benzene rings is 1. The summed E-state index contributed by atoms with van der Waals surface area (Å²) in [4.78, 5) is 52.6. The SMILES string of the molecule is C=C[C@@]1(C)C[C@@H](OC(=O)c2ccccc2)[C@@H]2[C@@]3(C)CC(=O)[C@@H](O)C(C)(C)[C@@H]3C[C@@H](OC(C)=O)[C@@]2(O)C1=O. The summed E-state index contributed by atoms with van der Waals surface area (Å²) in [5.74, 6) is -3.83. The van der Waals surface area contributed by atoms with Gasteiger partial charge in [0.1, 0.15) is 18.3 Å². The van der Waals surface area contributed by atoms with Crippen LogP contribution >= 0.6 is 0 Å². The van der Waals surface area contributed by atoms with Gasteiger partial charge in [-0.1, -0.05) is 45.0 Å². The minimum atomic E-state index is -2.25. The molecule has 200 valence electrons. The number of ketones is 2. The summed E-state index contributed by atoms with van der Waals surface area (Å²) in [6, 6.07) is 8.37. The molecule has 0 spiro atoms. The van der Waals surface area contributed by atoms with E-state index < -0.39 is 75.5 Å². The predicted molar refractivity (Wildman–Crippen MR) is 133 cm³/mol. The van der Waals surface area contributed by atoms with Gasteiger partial charge in [-0.2, -0.15) is 0 Å². The van der Waals surface area contributed by atoms with Crippen molar-refractivity contribution in [3.05, 3.63) is 48.6 Å². The van der Waals surface area contributed by atoms with Crippen molar-refractivity contribution in [2.45, 2.75) is 77.8 Å². The van der Waals surface area contributed by atoms with Crippen LogP contribution in [0.4, 0.5) is 0 Å². The molecule has 0 aliphatic heterocycles. The number of fused-ring (bicyclic) bond motifs is 3. The van der Waals surface area contributed by atoms with E-state index in [4.69, 9.17) is 9.47 Å². The van der Waals surface area contributed by atoms with Gasteiger partial charge in [-0.3, -0.25) is 14.4 Å². The van der Waals surface area contributed by atoms with Crippen LogP contribution < -0.4 is 0 Å². The molecule has 0 aromatic heterocycles.